The minimum absolute atomic E-state index is 0.193. The van der Waals surface area contributed by atoms with Crippen molar-refractivity contribution >= 4 is 0 Å². The number of aliphatic hydroxyl groups excluding tert-OH is 2. The van der Waals surface area contributed by atoms with Crippen molar-refractivity contribution in [3.8, 4) is 0 Å². The van der Waals surface area contributed by atoms with Crippen LogP contribution in [0.15, 0.2) is 6.20 Å². The summed E-state index contributed by atoms with van der Waals surface area (Å²) in [7, 11) is 1.93. The topological polar surface area (TPSA) is 46.9 Å². The molecule has 0 radical (unpaired) electrons. The third-order valence-corrected chi connectivity index (χ3v) is 1.50. The Bertz CT molecular complexity index is 149. The summed E-state index contributed by atoms with van der Waals surface area (Å²) < 4.78 is 0. The molecule has 2 N–H and O–H groups in total. The van der Waals surface area contributed by atoms with Gasteiger partial charge < -0.3 is 26.2 Å². The van der Waals surface area contributed by atoms with Crippen molar-refractivity contribution in [3.05, 3.63) is 12.4 Å². The molecule has 0 saturated heterocycles. The van der Waals surface area contributed by atoms with Crippen LogP contribution in [0.25, 0.3) is 0 Å². The molecule has 0 amide bonds. The van der Waals surface area contributed by atoms with E-state index in [4.69, 9.17) is 10.2 Å². The van der Waals surface area contributed by atoms with Gasteiger partial charge in [0, 0.05) is 13.6 Å². The lowest BCUT2D eigenvalue weighted by Gasteiger charge is -2.30. The molecule has 1 heterocycles. The van der Waals surface area contributed by atoms with Gasteiger partial charge in [0.25, 0.3) is 0 Å². The highest BCUT2D eigenvalue weighted by molar-refractivity contribution is 4.82. The third-order valence-electron chi connectivity index (χ3n) is 1.50. The smallest absolute Gasteiger partial charge is 0.0919 e. The largest absolute Gasteiger partial charge is 0.535 e. The summed E-state index contributed by atoms with van der Waals surface area (Å²) in [6, 6.07) is 0. The van der Waals surface area contributed by atoms with Gasteiger partial charge in [0.2, 0.25) is 0 Å². The van der Waals surface area contributed by atoms with E-state index in [-0.39, 0.29) is 6.61 Å². The molecule has 11 heavy (non-hydrogen) atoms. The summed E-state index contributed by atoms with van der Waals surface area (Å²) in [5.74, 6) is 0. The second-order valence-electron chi connectivity index (χ2n) is 2.72. The quantitative estimate of drug-likeness (QED) is 0.506. The van der Waals surface area contributed by atoms with Gasteiger partial charge in [-0.2, -0.15) is 6.20 Å². The van der Waals surface area contributed by atoms with Crippen molar-refractivity contribution in [1.82, 2.24) is 9.80 Å². The Morgan fingerprint density at radius 2 is 2.45 bits per heavy atom. The fourth-order valence-electron chi connectivity index (χ4n) is 0.954. The summed E-state index contributed by atoms with van der Waals surface area (Å²) in [6.45, 7) is 0.982. The predicted molar refractivity (Wildman–Crippen MR) is 40.2 cm³/mol. The number of β-amino-alcohol motifs (C(OH)–C–C–N with tert-alkyl or cyclic N) is 1. The first kappa shape index (κ1) is 8.36. The molecule has 0 saturated carbocycles. The van der Waals surface area contributed by atoms with Gasteiger partial charge in [0.05, 0.1) is 19.4 Å². The molecular weight excluding hydrogens is 144 g/mol. The average molecular weight is 157 g/mol. The molecule has 1 atom stereocenters. The molecule has 0 bridgehead atoms. The summed E-state index contributed by atoms with van der Waals surface area (Å²) in [5, 5.41) is 17.6. The number of nitrogens with zero attached hydrogens (tertiary/aromatic N) is 2. The van der Waals surface area contributed by atoms with Crippen LogP contribution in [0.1, 0.15) is 0 Å². The van der Waals surface area contributed by atoms with Crippen LogP contribution in [-0.2, 0) is 0 Å². The van der Waals surface area contributed by atoms with E-state index in [1.807, 2.05) is 23.0 Å². The normalized spacial score (nSPS) is 19.5. The van der Waals surface area contributed by atoms with Crippen molar-refractivity contribution in [2.75, 3.05) is 26.9 Å². The van der Waals surface area contributed by atoms with Crippen LogP contribution in [-0.4, -0.2) is 53.0 Å². The Balaban J connectivity index is 2.24. The van der Waals surface area contributed by atoms with E-state index in [0.29, 0.717) is 6.54 Å². The fourth-order valence-corrected chi connectivity index (χ4v) is 0.954. The molecule has 0 unspecified atom stereocenters. The molecule has 0 fully saturated rings. The Kier molecular flexibility index (Phi) is 2.73. The summed E-state index contributed by atoms with van der Waals surface area (Å²) in [4.78, 5) is 3.77. The SMILES string of the molecule is CN1C=[C-]N(C[C@H](O)CO)C1. The maximum atomic E-state index is 9.04. The van der Waals surface area contributed by atoms with Crippen LogP contribution < -0.4 is 0 Å². The first-order chi connectivity index (χ1) is 5.22. The Morgan fingerprint density at radius 3 is 2.91 bits per heavy atom. The van der Waals surface area contributed by atoms with E-state index < -0.39 is 6.10 Å². The Morgan fingerprint density at radius 1 is 1.73 bits per heavy atom. The predicted octanol–water partition coefficient (Wildman–Crippen LogP) is -1.18. The fraction of sp³-hybridized carbons (Fsp3) is 0.714. The summed E-state index contributed by atoms with van der Waals surface area (Å²) in [5.41, 5.74) is 0. The minimum atomic E-state index is -0.664. The van der Waals surface area contributed by atoms with Gasteiger partial charge >= 0.3 is 0 Å². The molecule has 1 rings (SSSR count). The van der Waals surface area contributed by atoms with Crippen molar-refractivity contribution in [2.24, 2.45) is 0 Å². The van der Waals surface area contributed by atoms with E-state index >= 15 is 0 Å². The number of hydrogen-bond acceptors (Lipinski definition) is 4. The van der Waals surface area contributed by atoms with Crippen LogP contribution in [0, 0.1) is 6.20 Å². The summed E-state index contributed by atoms with van der Waals surface area (Å²) in [6.07, 6.45) is 4.08. The van der Waals surface area contributed by atoms with E-state index in [1.54, 1.807) is 0 Å². The minimum Gasteiger partial charge on any atom is -0.535 e. The lowest BCUT2D eigenvalue weighted by atomic mass is 10.3. The second kappa shape index (κ2) is 3.59. The highest BCUT2D eigenvalue weighted by atomic mass is 16.3. The highest BCUT2D eigenvalue weighted by Crippen LogP contribution is 2.02. The van der Waals surface area contributed by atoms with Crippen LogP contribution >= 0.6 is 0 Å². The molecule has 1 aliphatic rings. The molecule has 0 aromatic heterocycles. The van der Waals surface area contributed by atoms with Crippen LogP contribution in [0.2, 0.25) is 0 Å². The van der Waals surface area contributed by atoms with Crippen molar-refractivity contribution in [1.29, 1.82) is 0 Å². The van der Waals surface area contributed by atoms with Crippen LogP contribution in [0.4, 0.5) is 0 Å². The van der Waals surface area contributed by atoms with E-state index in [0.717, 1.165) is 6.67 Å². The molecule has 1 aliphatic heterocycles. The van der Waals surface area contributed by atoms with E-state index in [9.17, 15) is 0 Å². The monoisotopic (exact) mass is 157 g/mol. The molecule has 0 aromatic carbocycles. The van der Waals surface area contributed by atoms with Gasteiger partial charge in [-0.15, -0.1) is 0 Å². The van der Waals surface area contributed by atoms with Gasteiger partial charge in [-0.1, -0.05) is 0 Å². The lowest BCUT2D eigenvalue weighted by Crippen LogP contribution is -2.32. The second-order valence-corrected chi connectivity index (χ2v) is 2.72. The molecule has 0 spiro atoms. The van der Waals surface area contributed by atoms with Gasteiger partial charge in [0.15, 0.2) is 0 Å². The molecule has 4 nitrogen and oxygen atoms in total. The first-order valence-electron chi connectivity index (χ1n) is 3.56. The standard InChI is InChI=1S/C7H13N2O2/c1-8-2-3-9(6-8)4-7(11)5-10/h2,7,10-11H,4-6H2,1H3/q-1/t7-/m0/s1. The van der Waals surface area contributed by atoms with Crippen molar-refractivity contribution in [3.63, 3.8) is 0 Å². The summed E-state index contributed by atoms with van der Waals surface area (Å²) >= 11 is 0. The van der Waals surface area contributed by atoms with Gasteiger partial charge in [-0.3, -0.25) is 0 Å². The third kappa shape index (κ3) is 2.40. The van der Waals surface area contributed by atoms with Gasteiger partial charge in [-0.05, 0) is 0 Å². The van der Waals surface area contributed by atoms with Gasteiger partial charge in [-0.25, -0.2) is 0 Å². The maximum Gasteiger partial charge on any atom is 0.0919 e. The first-order valence-corrected chi connectivity index (χ1v) is 3.56. The average Bonchev–Trinajstić information content (AvgIpc) is 2.35. The van der Waals surface area contributed by atoms with Gasteiger partial charge in [0.1, 0.15) is 0 Å². The molecule has 0 aliphatic carbocycles. The van der Waals surface area contributed by atoms with E-state index in [2.05, 4.69) is 6.20 Å². The van der Waals surface area contributed by atoms with Crippen molar-refractivity contribution in [2.45, 2.75) is 6.10 Å². The zero-order valence-corrected chi connectivity index (χ0v) is 6.56. The van der Waals surface area contributed by atoms with Crippen LogP contribution in [0.3, 0.4) is 0 Å². The van der Waals surface area contributed by atoms with Crippen molar-refractivity contribution < 1.29 is 10.2 Å². The molecular formula is C7H13N2O2-. The van der Waals surface area contributed by atoms with Crippen LogP contribution in [0.5, 0.6) is 0 Å². The Hall–Kier alpha value is -0.740. The molecule has 64 valence electrons. The Labute approximate surface area is 66.3 Å². The molecule has 0 aromatic rings. The maximum absolute atomic E-state index is 9.04. The zero-order chi connectivity index (χ0) is 8.27. The number of rotatable bonds is 3. The van der Waals surface area contributed by atoms with E-state index in [1.165, 1.54) is 0 Å². The lowest BCUT2D eigenvalue weighted by molar-refractivity contribution is 0.0665. The molecule has 4 heteroatoms. The number of aliphatic hydroxyl groups is 2. The zero-order valence-electron chi connectivity index (χ0n) is 6.56. The number of hydrogen-bond donors (Lipinski definition) is 2. The highest BCUT2D eigenvalue weighted by Gasteiger charge is 2.04.